The SMILES string of the molecule is Cc1nc([C@H]2CCCN2C(=O)COc2ccc(F)cc2)ncc1C(=O)N1CCCCC1. The number of carbonyl (C=O) groups is 2. The van der Waals surface area contributed by atoms with E-state index >= 15 is 0 Å². The molecule has 2 amide bonds. The van der Waals surface area contributed by atoms with Gasteiger partial charge in [-0.2, -0.15) is 0 Å². The maximum atomic E-state index is 13.0. The van der Waals surface area contributed by atoms with Crippen LogP contribution in [0.4, 0.5) is 4.39 Å². The van der Waals surface area contributed by atoms with Crippen LogP contribution in [-0.4, -0.2) is 57.8 Å². The third kappa shape index (κ3) is 4.84. The molecule has 0 aliphatic carbocycles. The highest BCUT2D eigenvalue weighted by Crippen LogP contribution is 2.30. The molecule has 0 unspecified atom stereocenters. The lowest BCUT2D eigenvalue weighted by Gasteiger charge is -2.27. The minimum absolute atomic E-state index is 0.0178. The first-order chi connectivity index (χ1) is 15.0. The maximum Gasteiger partial charge on any atom is 0.261 e. The van der Waals surface area contributed by atoms with E-state index in [9.17, 15) is 14.0 Å². The van der Waals surface area contributed by atoms with Gasteiger partial charge in [0.1, 0.15) is 11.6 Å². The molecule has 4 rings (SSSR count). The van der Waals surface area contributed by atoms with Crippen molar-refractivity contribution >= 4 is 11.8 Å². The van der Waals surface area contributed by atoms with Crippen molar-refractivity contribution in [3.8, 4) is 5.75 Å². The summed E-state index contributed by atoms with van der Waals surface area (Å²) < 4.78 is 18.5. The minimum Gasteiger partial charge on any atom is -0.484 e. The molecule has 1 atom stereocenters. The Kier molecular flexibility index (Phi) is 6.44. The summed E-state index contributed by atoms with van der Waals surface area (Å²) in [5, 5.41) is 0. The second-order valence-electron chi connectivity index (χ2n) is 8.07. The monoisotopic (exact) mass is 426 g/mol. The summed E-state index contributed by atoms with van der Waals surface area (Å²) in [6.45, 7) is 3.85. The predicted molar refractivity (Wildman–Crippen MR) is 112 cm³/mol. The normalized spacial score (nSPS) is 18.8. The molecule has 2 aliphatic rings. The first kappa shape index (κ1) is 21.2. The van der Waals surface area contributed by atoms with Gasteiger partial charge < -0.3 is 14.5 Å². The molecule has 31 heavy (non-hydrogen) atoms. The van der Waals surface area contributed by atoms with Crippen molar-refractivity contribution in [1.29, 1.82) is 0 Å². The average Bonchev–Trinajstić information content (AvgIpc) is 3.29. The fourth-order valence-corrected chi connectivity index (χ4v) is 4.22. The molecule has 164 valence electrons. The Morgan fingerprint density at radius 1 is 1.10 bits per heavy atom. The predicted octanol–water partition coefficient (Wildman–Crippen LogP) is 3.29. The molecule has 3 heterocycles. The van der Waals surface area contributed by atoms with Gasteiger partial charge in [-0.25, -0.2) is 14.4 Å². The highest BCUT2D eigenvalue weighted by atomic mass is 19.1. The van der Waals surface area contributed by atoms with Crippen LogP contribution in [0.15, 0.2) is 30.5 Å². The quantitative estimate of drug-likeness (QED) is 0.733. The van der Waals surface area contributed by atoms with E-state index in [2.05, 4.69) is 9.97 Å². The van der Waals surface area contributed by atoms with Crippen molar-refractivity contribution in [3.05, 3.63) is 53.4 Å². The van der Waals surface area contributed by atoms with Crippen LogP contribution in [0.25, 0.3) is 0 Å². The van der Waals surface area contributed by atoms with Crippen LogP contribution < -0.4 is 4.74 Å². The van der Waals surface area contributed by atoms with E-state index < -0.39 is 0 Å². The molecule has 7 nitrogen and oxygen atoms in total. The number of hydrogen-bond acceptors (Lipinski definition) is 5. The Hall–Kier alpha value is -3.03. The van der Waals surface area contributed by atoms with Gasteiger partial charge in [-0.15, -0.1) is 0 Å². The summed E-state index contributed by atoms with van der Waals surface area (Å²) in [7, 11) is 0. The van der Waals surface area contributed by atoms with E-state index in [4.69, 9.17) is 4.74 Å². The van der Waals surface area contributed by atoms with Crippen molar-refractivity contribution < 1.29 is 18.7 Å². The highest BCUT2D eigenvalue weighted by molar-refractivity contribution is 5.95. The van der Waals surface area contributed by atoms with E-state index in [1.165, 1.54) is 24.3 Å². The average molecular weight is 426 g/mol. The number of nitrogens with zero attached hydrogens (tertiary/aromatic N) is 4. The maximum absolute atomic E-state index is 13.0. The molecule has 0 spiro atoms. The molecular weight excluding hydrogens is 399 g/mol. The van der Waals surface area contributed by atoms with E-state index in [0.717, 1.165) is 45.2 Å². The Morgan fingerprint density at radius 3 is 2.55 bits per heavy atom. The number of aromatic nitrogens is 2. The largest absolute Gasteiger partial charge is 0.484 e. The molecule has 2 fully saturated rings. The number of likely N-dealkylation sites (tertiary alicyclic amines) is 2. The molecule has 2 saturated heterocycles. The zero-order valence-electron chi connectivity index (χ0n) is 17.7. The van der Waals surface area contributed by atoms with Crippen molar-refractivity contribution in [2.24, 2.45) is 0 Å². The van der Waals surface area contributed by atoms with E-state index in [0.29, 0.717) is 29.4 Å². The molecule has 1 aromatic heterocycles. The van der Waals surface area contributed by atoms with Gasteiger partial charge in [-0.1, -0.05) is 0 Å². The third-order valence-corrected chi connectivity index (χ3v) is 5.92. The Labute approximate surface area is 181 Å². The van der Waals surface area contributed by atoms with Gasteiger partial charge in [0.15, 0.2) is 12.4 Å². The van der Waals surface area contributed by atoms with Crippen molar-refractivity contribution in [3.63, 3.8) is 0 Å². The van der Waals surface area contributed by atoms with E-state index in [-0.39, 0.29) is 30.3 Å². The standard InChI is InChI=1S/C23H27FN4O3/c1-16-19(23(30)27-11-3-2-4-12-27)14-25-22(26-16)20-6-5-13-28(20)21(29)15-31-18-9-7-17(24)8-10-18/h7-10,14,20H,2-6,11-13,15H2,1H3/t20-/m1/s1. The van der Waals surface area contributed by atoms with Crippen molar-refractivity contribution in [2.75, 3.05) is 26.2 Å². The Morgan fingerprint density at radius 2 is 1.84 bits per heavy atom. The molecular formula is C23H27FN4O3. The van der Waals surface area contributed by atoms with Crippen LogP contribution in [0.3, 0.4) is 0 Å². The summed E-state index contributed by atoms with van der Waals surface area (Å²) in [6, 6.07) is 5.34. The van der Waals surface area contributed by atoms with Crippen LogP contribution in [0, 0.1) is 12.7 Å². The molecule has 2 aliphatic heterocycles. The summed E-state index contributed by atoms with van der Waals surface area (Å²) in [5.74, 6) is 0.462. The van der Waals surface area contributed by atoms with Crippen LogP contribution in [0.1, 0.15) is 60.0 Å². The number of amides is 2. The fraction of sp³-hybridized carbons (Fsp3) is 0.478. The molecule has 0 saturated carbocycles. The number of carbonyl (C=O) groups excluding carboxylic acids is 2. The summed E-state index contributed by atoms with van der Waals surface area (Å²) in [5.41, 5.74) is 1.17. The summed E-state index contributed by atoms with van der Waals surface area (Å²) in [6.07, 6.45) is 6.44. The number of ether oxygens (including phenoxy) is 1. The fourth-order valence-electron chi connectivity index (χ4n) is 4.22. The number of aryl methyl sites for hydroxylation is 1. The number of benzene rings is 1. The van der Waals surface area contributed by atoms with Gasteiger partial charge in [0.05, 0.1) is 17.3 Å². The molecule has 0 bridgehead atoms. The summed E-state index contributed by atoms with van der Waals surface area (Å²) in [4.78, 5) is 38.2. The number of halogens is 1. The van der Waals surface area contributed by atoms with Gasteiger partial charge in [0, 0.05) is 25.8 Å². The highest BCUT2D eigenvalue weighted by Gasteiger charge is 2.33. The van der Waals surface area contributed by atoms with Crippen LogP contribution in [-0.2, 0) is 4.79 Å². The smallest absolute Gasteiger partial charge is 0.261 e. The van der Waals surface area contributed by atoms with Gasteiger partial charge in [0.2, 0.25) is 0 Å². The zero-order chi connectivity index (χ0) is 21.8. The third-order valence-electron chi connectivity index (χ3n) is 5.92. The van der Waals surface area contributed by atoms with Crippen molar-refractivity contribution in [2.45, 2.75) is 45.1 Å². The second kappa shape index (κ2) is 9.41. The van der Waals surface area contributed by atoms with Gasteiger partial charge in [-0.3, -0.25) is 9.59 Å². The molecule has 1 aromatic carbocycles. The van der Waals surface area contributed by atoms with Gasteiger partial charge in [-0.05, 0) is 63.3 Å². The Bertz CT molecular complexity index is 944. The number of rotatable bonds is 5. The van der Waals surface area contributed by atoms with Crippen molar-refractivity contribution in [1.82, 2.24) is 19.8 Å². The Balaban J connectivity index is 1.42. The zero-order valence-corrected chi connectivity index (χ0v) is 17.7. The molecule has 0 N–H and O–H groups in total. The van der Waals surface area contributed by atoms with Crippen LogP contribution in [0.2, 0.25) is 0 Å². The first-order valence-electron chi connectivity index (χ1n) is 10.8. The minimum atomic E-state index is -0.354. The molecule has 2 aromatic rings. The topological polar surface area (TPSA) is 75.6 Å². The van der Waals surface area contributed by atoms with Crippen LogP contribution >= 0.6 is 0 Å². The van der Waals surface area contributed by atoms with E-state index in [1.807, 2.05) is 11.8 Å². The second-order valence-corrected chi connectivity index (χ2v) is 8.07. The van der Waals surface area contributed by atoms with Gasteiger partial charge >= 0.3 is 0 Å². The summed E-state index contributed by atoms with van der Waals surface area (Å²) >= 11 is 0. The lowest BCUT2D eigenvalue weighted by Crippen LogP contribution is -2.37. The lowest BCUT2D eigenvalue weighted by atomic mass is 10.1. The molecule has 8 heteroatoms. The van der Waals surface area contributed by atoms with Gasteiger partial charge in [0.25, 0.3) is 11.8 Å². The molecule has 0 radical (unpaired) electrons. The lowest BCUT2D eigenvalue weighted by molar-refractivity contribution is -0.134. The first-order valence-corrected chi connectivity index (χ1v) is 10.8. The number of hydrogen-bond donors (Lipinski definition) is 0. The number of piperidine rings is 1. The van der Waals surface area contributed by atoms with Crippen LogP contribution in [0.5, 0.6) is 5.75 Å². The van der Waals surface area contributed by atoms with E-state index in [1.54, 1.807) is 11.1 Å².